The van der Waals surface area contributed by atoms with E-state index in [0.29, 0.717) is 12.1 Å². The summed E-state index contributed by atoms with van der Waals surface area (Å²) in [7, 11) is 0. The van der Waals surface area contributed by atoms with Crippen LogP contribution in [0, 0.1) is 0 Å². The zero-order valence-corrected chi connectivity index (χ0v) is 7.32. The number of hydrogen-bond acceptors (Lipinski definition) is 3. The Morgan fingerprint density at radius 1 is 1.21 bits per heavy atom. The van der Waals surface area contributed by atoms with Crippen molar-refractivity contribution in [1.29, 1.82) is 0 Å². The van der Waals surface area contributed by atoms with Crippen molar-refractivity contribution in [2.45, 2.75) is 0 Å². The van der Waals surface area contributed by atoms with Crippen molar-refractivity contribution in [2.24, 2.45) is 9.98 Å². The number of rotatable bonds is 0. The average molecular weight is 185 g/mol. The van der Waals surface area contributed by atoms with Gasteiger partial charge in [0.1, 0.15) is 6.67 Å². The Morgan fingerprint density at radius 2 is 2.14 bits per heavy atom. The van der Waals surface area contributed by atoms with E-state index in [4.69, 9.17) is 0 Å². The highest BCUT2D eigenvalue weighted by atomic mass is 16.1. The molecule has 2 heterocycles. The second-order valence-electron chi connectivity index (χ2n) is 3.16. The number of benzene rings is 1. The summed E-state index contributed by atoms with van der Waals surface area (Å²) in [6.45, 7) is 0.433. The zero-order valence-electron chi connectivity index (χ0n) is 7.32. The van der Waals surface area contributed by atoms with Crippen LogP contribution in [0.15, 0.2) is 39.2 Å². The first-order valence-electron chi connectivity index (χ1n) is 4.36. The predicted molar refractivity (Wildman–Crippen MR) is 51.7 cm³/mol. The molecule has 1 aliphatic heterocycles. The number of H-pyrrole nitrogens is 1. The second kappa shape index (κ2) is 2.51. The number of nitrogens with one attached hydrogen (secondary N) is 1. The van der Waals surface area contributed by atoms with Gasteiger partial charge in [-0.3, -0.25) is 14.8 Å². The molecule has 0 saturated carbocycles. The first kappa shape index (κ1) is 7.44. The monoisotopic (exact) mass is 185 g/mol. The van der Waals surface area contributed by atoms with E-state index in [1.54, 1.807) is 6.20 Å². The van der Waals surface area contributed by atoms with Crippen molar-refractivity contribution in [3.8, 4) is 0 Å². The maximum absolute atomic E-state index is 11.6. The molecule has 0 saturated heterocycles. The van der Waals surface area contributed by atoms with Crippen molar-refractivity contribution in [3.05, 3.63) is 45.3 Å². The van der Waals surface area contributed by atoms with Crippen LogP contribution in [0.2, 0.25) is 0 Å². The zero-order chi connectivity index (χ0) is 9.54. The molecule has 0 radical (unpaired) electrons. The maximum Gasteiger partial charge on any atom is 0.191 e. The third-order valence-electron chi connectivity index (χ3n) is 2.35. The Morgan fingerprint density at radius 3 is 3.07 bits per heavy atom. The van der Waals surface area contributed by atoms with E-state index < -0.39 is 0 Å². The minimum atomic E-state index is -0.00329. The molecule has 0 spiro atoms. The lowest BCUT2D eigenvalue weighted by molar-refractivity contribution is 1.06. The lowest BCUT2D eigenvalue weighted by Gasteiger charge is -1.94. The fourth-order valence-electron chi connectivity index (χ4n) is 1.71. The Balaban J connectivity index is 2.76. The molecule has 0 unspecified atom stereocenters. The first-order valence-corrected chi connectivity index (χ1v) is 4.36. The molecule has 0 amide bonds. The van der Waals surface area contributed by atoms with E-state index in [9.17, 15) is 4.79 Å². The summed E-state index contributed by atoms with van der Waals surface area (Å²) < 4.78 is 0. The summed E-state index contributed by atoms with van der Waals surface area (Å²) in [6.07, 6.45) is 1.64. The summed E-state index contributed by atoms with van der Waals surface area (Å²) in [6, 6.07) is 5.25. The number of aromatic nitrogens is 1. The molecule has 1 aromatic carbocycles. The van der Waals surface area contributed by atoms with Crippen molar-refractivity contribution in [1.82, 2.24) is 4.98 Å². The van der Waals surface area contributed by atoms with Gasteiger partial charge >= 0.3 is 0 Å². The number of nitrogens with zero attached hydrogens (tertiary/aromatic N) is 2. The number of pyridine rings is 1. The smallest absolute Gasteiger partial charge is 0.191 e. The molecule has 68 valence electrons. The molecule has 0 aliphatic carbocycles. The van der Waals surface area contributed by atoms with Gasteiger partial charge in [0.25, 0.3) is 0 Å². The third-order valence-corrected chi connectivity index (χ3v) is 2.35. The van der Waals surface area contributed by atoms with Gasteiger partial charge in [-0.25, -0.2) is 0 Å². The van der Waals surface area contributed by atoms with Gasteiger partial charge in [-0.1, -0.05) is 0 Å². The molecule has 14 heavy (non-hydrogen) atoms. The maximum atomic E-state index is 11.6. The molecule has 4 nitrogen and oxygen atoms in total. The Labute approximate surface area is 78.6 Å². The Kier molecular flexibility index (Phi) is 1.33. The largest absolute Gasteiger partial charge is 0.361 e. The van der Waals surface area contributed by atoms with Gasteiger partial charge in [0.2, 0.25) is 0 Å². The molecule has 0 fully saturated rings. The van der Waals surface area contributed by atoms with Crippen LogP contribution in [0.4, 0.5) is 0 Å². The second-order valence-corrected chi connectivity index (χ2v) is 3.16. The van der Waals surface area contributed by atoms with Crippen molar-refractivity contribution in [2.75, 3.05) is 6.67 Å². The molecule has 1 aliphatic rings. The van der Waals surface area contributed by atoms with E-state index in [1.807, 2.05) is 12.1 Å². The van der Waals surface area contributed by atoms with Gasteiger partial charge in [0.05, 0.1) is 21.6 Å². The third kappa shape index (κ3) is 0.849. The Bertz CT molecular complexity index is 685. The molecular formula is C10H7N3O. The number of fused-ring (bicyclic) bond motifs is 3. The highest BCUT2D eigenvalue weighted by Gasteiger charge is 2.04. The normalized spacial score (nSPS) is 13.4. The summed E-state index contributed by atoms with van der Waals surface area (Å²) in [4.78, 5) is 23.0. The van der Waals surface area contributed by atoms with Crippen molar-refractivity contribution < 1.29 is 0 Å². The van der Waals surface area contributed by atoms with Crippen LogP contribution in [0.1, 0.15) is 0 Å². The standard InChI is InChI=1S/C10H7N3O/c14-8-3-4-11-6-1-2-7-10(9(6)8)13-5-12-7/h1-4H,5H2,(H,11,14). The van der Waals surface area contributed by atoms with Crippen LogP contribution in [0.25, 0.3) is 10.9 Å². The van der Waals surface area contributed by atoms with E-state index in [2.05, 4.69) is 15.0 Å². The van der Waals surface area contributed by atoms with E-state index >= 15 is 0 Å². The van der Waals surface area contributed by atoms with Gasteiger partial charge < -0.3 is 4.98 Å². The highest BCUT2D eigenvalue weighted by Crippen LogP contribution is 1.98. The van der Waals surface area contributed by atoms with Gasteiger partial charge in [0, 0.05) is 12.3 Å². The summed E-state index contributed by atoms with van der Waals surface area (Å²) >= 11 is 0. The molecule has 0 atom stereocenters. The van der Waals surface area contributed by atoms with Crippen LogP contribution in [-0.2, 0) is 0 Å². The molecule has 4 heteroatoms. The van der Waals surface area contributed by atoms with Crippen molar-refractivity contribution in [3.63, 3.8) is 0 Å². The van der Waals surface area contributed by atoms with Gasteiger partial charge in [-0.2, -0.15) is 0 Å². The van der Waals surface area contributed by atoms with Gasteiger partial charge in [-0.05, 0) is 12.1 Å². The molecule has 0 bridgehead atoms. The van der Waals surface area contributed by atoms with E-state index in [0.717, 1.165) is 16.2 Å². The summed E-state index contributed by atoms with van der Waals surface area (Å²) in [5.74, 6) is 0. The topological polar surface area (TPSA) is 57.6 Å². The minimum Gasteiger partial charge on any atom is -0.361 e. The fraction of sp³-hybridized carbons (Fsp3) is 0.100. The predicted octanol–water partition coefficient (Wildman–Crippen LogP) is -0.262. The fourth-order valence-corrected chi connectivity index (χ4v) is 1.71. The minimum absolute atomic E-state index is 0.00329. The van der Waals surface area contributed by atoms with Crippen LogP contribution in [-0.4, -0.2) is 11.7 Å². The molecule has 2 aromatic rings. The number of hydrogen-bond donors (Lipinski definition) is 1. The average Bonchev–Trinajstić information content (AvgIpc) is 2.65. The molecule has 1 N–H and O–H groups in total. The Hall–Kier alpha value is -1.97. The van der Waals surface area contributed by atoms with Crippen LogP contribution < -0.4 is 16.1 Å². The first-order chi connectivity index (χ1) is 6.86. The lowest BCUT2D eigenvalue weighted by Crippen LogP contribution is -2.26. The number of aromatic amines is 1. The van der Waals surface area contributed by atoms with E-state index in [1.165, 1.54) is 6.07 Å². The molecular weight excluding hydrogens is 178 g/mol. The molecule has 3 rings (SSSR count). The SMILES string of the molecule is O=c1cc[nH]c2ccc3c(c12)=NCN=3. The quantitative estimate of drug-likeness (QED) is 0.604. The summed E-state index contributed by atoms with van der Waals surface area (Å²) in [5, 5.41) is 2.19. The van der Waals surface area contributed by atoms with Gasteiger partial charge in [-0.15, -0.1) is 0 Å². The van der Waals surface area contributed by atoms with Crippen LogP contribution in [0.5, 0.6) is 0 Å². The van der Waals surface area contributed by atoms with Crippen LogP contribution >= 0.6 is 0 Å². The molecule has 1 aromatic heterocycles. The van der Waals surface area contributed by atoms with Crippen molar-refractivity contribution >= 4 is 10.9 Å². The van der Waals surface area contributed by atoms with E-state index in [-0.39, 0.29) is 5.43 Å². The highest BCUT2D eigenvalue weighted by molar-refractivity contribution is 5.77. The summed E-state index contributed by atoms with van der Waals surface area (Å²) in [5.41, 5.74) is 0.813. The van der Waals surface area contributed by atoms with Crippen LogP contribution in [0.3, 0.4) is 0 Å². The van der Waals surface area contributed by atoms with Gasteiger partial charge in [0.15, 0.2) is 5.43 Å². The lowest BCUT2D eigenvalue weighted by atomic mass is 10.2.